The van der Waals surface area contributed by atoms with Crippen LogP contribution in [0.15, 0.2) is 42.5 Å². The first-order chi connectivity index (χ1) is 10.7. The van der Waals surface area contributed by atoms with Crippen LogP contribution in [0.4, 0.5) is 8.78 Å². The maximum absolute atomic E-state index is 14.7. The minimum Gasteiger partial charge on any atom is -0.451 e. The molecule has 0 unspecified atom stereocenters. The van der Waals surface area contributed by atoms with Crippen LogP contribution in [-0.4, -0.2) is 5.75 Å². The van der Waals surface area contributed by atoms with E-state index >= 15 is 0 Å². The predicted molar refractivity (Wildman–Crippen MR) is 89.0 cm³/mol. The summed E-state index contributed by atoms with van der Waals surface area (Å²) in [5.41, 5.74) is 0.511. The van der Waals surface area contributed by atoms with Crippen molar-refractivity contribution in [1.82, 2.24) is 0 Å². The fourth-order valence-electron chi connectivity index (χ4n) is 2.48. The predicted octanol–water partition coefficient (Wildman–Crippen LogP) is 5.96. The van der Waals surface area contributed by atoms with E-state index in [2.05, 4.69) is 12.6 Å². The lowest BCUT2D eigenvalue weighted by Crippen LogP contribution is -2.04. The molecule has 1 atom stereocenters. The number of thiol groups is 1. The van der Waals surface area contributed by atoms with Gasteiger partial charge in [0.15, 0.2) is 17.4 Å². The van der Waals surface area contributed by atoms with E-state index in [0.29, 0.717) is 11.3 Å². The highest BCUT2D eigenvalue weighted by Crippen LogP contribution is 2.35. The van der Waals surface area contributed by atoms with Crippen molar-refractivity contribution in [2.45, 2.75) is 32.1 Å². The van der Waals surface area contributed by atoms with Crippen molar-refractivity contribution in [3.8, 4) is 11.5 Å². The van der Waals surface area contributed by atoms with Gasteiger partial charge in [-0.05, 0) is 54.7 Å². The number of hydrogen-bond donors (Lipinski definition) is 1. The number of rotatable bonds is 7. The number of para-hydroxylation sites is 1. The fraction of sp³-hybridized carbons (Fsp3) is 0.333. The van der Waals surface area contributed by atoms with Gasteiger partial charge in [0.1, 0.15) is 5.75 Å². The molecule has 22 heavy (non-hydrogen) atoms. The van der Waals surface area contributed by atoms with Crippen molar-refractivity contribution in [3.05, 3.63) is 59.7 Å². The van der Waals surface area contributed by atoms with Crippen LogP contribution in [0, 0.1) is 11.6 Å². The quantitative estimate of drug-likeness (QED) is 0.619. The van der Waals surface area contributed by atoms with Crippen LogP contribution in [0.2, 0.25) is 0 Å². The molecule has 0 N–H and O–H groups in total. The molecule has 2 aromatic rings. The lowest BCUT2D eigenvalue weighted by molar-refractivity contribution is 0.399. The monoisotopic (exact) mass is 322 g/mol. The summed E-state index contributed by atoms with van der Waals surface area (Å²) in [7, 11) is 0. The summed E-state index contributed by atoms with van der Waals surface area (Å²) >= 11 is 4.20. The topological polar surface area (TPSA) is 9.23 Å². The Labute approximate surface area is 135 Å². The van der Waals surface area contributed by atoms with Crippen molar-refractivity contribution in [2.75, 3.05) is 5.75 Å². The van der Waals surface area contributed by atoms with Gasteiger partial charge in [-0.25, -0.2) is 8.78 Å². The van der Waals surface area contributed by atoms with E-state index in [0.717, 1.165) is 25.0 Å². The molecule has 0 aliphatic rings. The molecule has 0 spiro atoms. The third-order valence-corrected chi connectivity index (χ3v) is 4.00. The van der Waals surface area contributed by atoms with Crippen molar-refractivity contribution in [1.29, 1.82) is 0 Å². The second-order valence-corrected chi connectivity index (χ2v) is 5.61. The van der Waals surface area contributed by atoms with E-state index in [1.54, 1.807) is 24.3 Å². The van der Waals surface area contributed by atoms with Crippen LogP contribution < -0.4 is 4.74 Å². The summed E-state index contributed by atoms with van der Waals surface area (Å²) in [6.45, 7) is 2.00. The first-order valence-corrected chi connectivity index (χ1v) is 8.12. The molecule has 0 aliphatic carbocycles. The molecule has 0 heterocycles. The van der Waals surface area contributed by atoms with E-state index in [9.17, 15) is 8.78 Å². The molecule has 0 saturated carbocycles. The summed E-state index contributed by atoms with van der Waals surface area (Å²) < 4.78 is 34.1. The van der Waals surface area contributed by atoms with Gasteiger partial charge in [-0.3, -0.25) is 0 Å². The van der Waals surface area contributed by atoms with E-state index in [1.165, 1.54) is 12.1 Å². The molecule has 0 aliphatic heterocycles. The Hall–Kier alpha value is -1.55. The Morgan fingerprint density at radius 1 is 1.09 bits per heavy atom. The maximum Gasteiger partial charge on any atom is 0.198 e. The lowest BCUT2D eigenvalue weighted by atomic mass is 9.91. The zero-order valence-corrected chi connectivity index (χ0v) is 13.5. The Bertz CT molecular complexity index is 602. The molecule has 2 rings (SSSR count). The minimum atomic E-state index is -0.686. The molecule has 0 amide bonds. The summed E-state index contributed by atoms with van der Waals surface area (Å²) in [5.74, 6) is -0.393. The van der Waals surface area contributed by atoms with Gasteiger partial charge in [-0.15, -0.1) is 0 Å². The molecule has 0 radical (unpaired) electrons. The zero-order chi connectivity index (χ0) is 15.9. The molecule has 0 aromatic heterocycles. The van der Waals surface area contributed by atoms with E-state index in [1.807, 2.05) is 13.0 Å². The summed E-state index contributed by atoms with van der Waals surface area (Å²) in [6, 6.07) is 11.5. The minimum absolute atomic E-state index is 0.0471. The SMILES string of the molecule is CC[C@H](CCCS)c1ccc(F)c(Oc2ccccc2)c1F. The second-order valence-electron chi connectivity index (χ2n) is 5.17. The lowest BCUT2D eigenvalue weighted by Gasteiger charge is -2.18. The third-order valence-electron chi connectivity index (χ3n) is 3.69. The Morgan fingerprint density at radius 3 is 2.45 bits per heavy atom. The largest absolute Gasteiger partial charge is 0.451 e. The van der Waals surface area contributed by atoms with Crippen molar-refractivity contribution < 1.29 is 13.5 Å². The van der Waals surface area contributed by atoms with Crippen LogP contribution in [0.3, 0.4) is 0 Å². The van der Waals surface area contributed by atoms with Crippen molar-refractivity contribution in [2.24, 2.45) is 0 Å². The molecule has 118 valence electrons. The van der Waals surface area contributed by atoms with Crippen LogP contribution in [0.25, 0.3) is 0 Å². The smallest absolute Gasteiger partial charge is 0.198 e. The first-order valence-electron chi connectivity index (χ1n) is 7.49. The number of benzene rings is 2. The summed E-state index contributed by atoms with van der Waals surface area (Å²) in [4.78, 5) is 0. The Morgan fingerprint density at radius 2 is 1.82 bits per heavy atom. The normalized spacial score (nSPS) is 12.2. The fourth-order valence-corrected chi connectivity index (χ4v) is 2.66. The highest BCUT2D eigenvalue weighted by molar-refractivity contribution is 7.80. The first kappa shape index (κ1) is 16.8. The van der Waals surface area contributed by atoms with Gasteiger partial charge in [0.2, 0.25) is 0 Å². The zero-order valence-electron chi connectivity index (χ0n) is 12.6. The molecule has 4 heteroatoms. The molecule has 2 aromatic carbocycles. The number of hydrogen-bond acceptors (Lipinski definition) is 2. The third kappa shape index (κ3) is 4.01. The molecule has 1 nitrogen and oxygen atoms in total. The van der Waals surface area contributed by atoms with Gasteiger partial charge in [0.05, 0.1) is 0 Å². The van der Waals surface area contributed by atoms with Gasteiger partial charge in [-0.2, -0.15) is 12.6 Å². The van der Waals surface area contributed by atoms with Gasteiger partial charge in [0.25, 0.3) is 0 Å². The molecular weight excluding hydrogens is 302 g/mol. The molecule has 0 bridgehead atoms. The summed E-state index contributed by atoms with van der Waals surface area (Å²) in [6.07, 6.45) is 2.52. The number of halogens is 2. The molecular formula is C18H20F2OS. The maximum atomic E-state index is 14.7. The van der Waals surface area contributed by atoms with Crippen LogP contribution in [-0.2, 0) is 0 Å². The Balaban J connectivity index is 2.32. The summed E-state index contributed by atoms with van der Waals surface area (Å²) in [5, 5.41) is 0. The average molecular weight is 322 g/mol. The van der Waals surface area contributed by atoms with Crippen LogP contribution in [0.5, 0.6) is 11.5 Å². The van der Waals surface area contributed by atoms with E-state index < -0.39 is 11.6 Å². The van der Waals surface area contributed by atoms with Crippen LogP contribution in [0.1, 0.15) is 37.7 Å². The Kier molecular flexibility index (Phi) is 6.25. The molecule has 0 saturated heterocycles. The van der Waals surface area contributed by atoms with Gasteiger partial charge in [0, 0.05) is 0 Å². The van der Waals surface area contributed by atoms with E-state index in [4.69, 9.17) is 4.74 Å². The van der Waals surface area contributed by atoms with Crippen molar-refractivity contribution in [3.63, 3.8) is 0 Å². The highest BCUT2D eigenvalue weighted by Gasteiger charge is 2.21. The van der Waals surface area contributed by atoms with E-state index in [-0.39, 0.29) is 11.7 Å². The average Bonchev–Trinajstić information content (AvgIpc) is 2.54. The van der Waals surface area contributed by atoms with Gasteiger partial charge < -0.3 is 4.74 Å². The number of ether oxygens (including phenoxy) is 1. The van der Waals surface area contributed by atoms with Crippen molar-refractivity contribution >= 4 is 12.6 Å². The highest BCUT2D eigenvalue weighted by atomic mass is 32.1. The molecule has 0 fully saturated rings. The van der Waals surface area contributed by atoms with Crippen LogP contribution >= 0.6 is 12.6 Å². The van der Waals surface area contributed by atoms with Gasteiger partial charge in [-0.1, -0.05) is 31.2 Å². The van der Waals surface area contributed by atoms with Gasteiger partial charge >= 0.3 is 0 Å². The standard InChI is InChI=1S/C18H20F2OS/c1-2-13(7-6-12-22)15-10-11-16(19)18(17(15)20)21-14-8-4-3-5-9-14/h3-5,8-11,13,22H,2,6-7,12H2,1H3/t13-/m1/s1. The second kappa shape index (κ2) is 8.18.